The average Bonchev–Trinajstić information content (AvgIpc) is 2.83. The molecule has 0 aromatic heterocycles. The highest BCUT2D eigenvalue weighted by atomic mass is 35.5. The molecule has 2 nitrogen and oxygen atoms in total. The van der Waals surface area contributed by atoms with E-state index in [0.29, 0.717) is 12.0 Å². The van der Waals surface area contributed by atoms with Crippen LogP contribution in [0, 0.1) is 0 Å². The van der Waals surface area contributed by atoms with Crippen molar-refractivity contribution in [2.75, 3.05) is 13.1 Å². The second-order valence-corrected chi connectivity index (χ2v) is 5.16. The summed E-state index contributed by atoms with van der Waals surface area (Å²) in [6, 6.07) is 5.95. The Morgan fingerprint density at radius 3 is 3.00 bits per heavy atom. The summed E-state index contributed by atoms with van der Waals surface area (Å²) in [5, 5.41) is 4.10. The quantitative estimate of drug-likeness (QED) is 0.885. The van der Waals surface area contributed by atoms with Gasteiger partial charge >= 0.3 is 0 Å². The molecular weight excluding hydrogens is 234 g/mol. The Hall–Kier alpha value is -0.730. The Balaban J connectivity index is 2.19. The molecule has 1 saturated heterocycles. The first kappa shape index (κ1) is 12.7. The van der Waals surface area contributed by atoms with E-state index in [1.807, 2.05) is 18.2 Å². The van der Waals surface area contributed by atoms with E-state index < -0.39 is 0 Å². The molecule has 0 aliphatic carbocycles. The van der Waals surface area contributed by atoms with Crippen LogP contribution < -0.4 is 10.1 Å². The molecule has 1 aromatic rings. The predicted octanol–water partition coefficient (Wildman–Crippen LogP) is 3.59. The number of halogens is 1. The summed E-state index contributed by atoms with van der Waals surface area (Å²) in [6.07, 6.45) is 2.49. The number of ether oxygens (including phenoxy) is 1. The van der Waals surface area contributed by atoms with Crippen LogP contribution in [-0.2, 0) is 0 Å². The van der Waals surface area contributed by atoms with E-state index in [1.54, 1.807) is 0 Å². The minimum atomic E-state index is 0.305. The molecule has 2 atom stereocenters. The fourth-order valence-corrected chi connectivity index (χ4v) is 2.32. The fraction of sp³-hybridized carbons (Fsp3) is 0.571. The van der Waals surface area contributed by atoms with Crippen molar-refractivity contribution in [2.24, 2.45) is 0 Å². The lowest BCUT2D eigenvalue weighted by atomic mass is 9.97. The third-order valence-corrected chi connectivity index (χ3v) is 3.66. The molecule has 3 heteroatoms. The minimum Gasteiger partial charge on any atom is -0.489 e. The standard InChI is InChI=1S/C14H20ClNO/c1-3-10(2)13-8-11(15)4-5-14(13)17-12-6-7-16-9-12/h4-5,8,10,12,16H,3,6-7,9H2,1-2H3/t10-,12+/m1/s1. The third kappa shape index (κ3) is 3.14. The van der Waals surface area contributed by atoms with Gasteiger partial charge in [-0.2, -0.15) is 0 Å². The van der Waals surface area contributed by atoms with Gasteiger partial charge in [-0.1, -0.05) is 25.4 Å². The Kier molecular flexibility index (Phi) is 4.30. The van der Waals surface area contributed by atoms with E-state index in [1.165, 1.54) is 5.56 Å². The van der Waals surface area contributed by atoms with Crippen molar-refractivity contribution < 1.29 is 4.74 Å². The van der Waals surface area contributed by atoms with Crippen LogP contribution in [0.1, 0.15) is 38.2 Å². The summed E-state index contributed by atoms with van der Waals surface area (Å²) in [4.78, 5) is 0. The van der Waals surface area contributed by atoms with Crippen LogP contribution in [0.5, 0.6) is 5.75 Å². The summed E-state index contributed by atoms with van der Waals surface area (Å²) in [7, 11) is 0. The van der Waals surface area contributed by atoms with E-state index in [-0.39, 0.29) is 0 Å². The maximum Gasteiger partial charge on any atom is 0.123 e. The van der Waals surface area contributed by atoms with Crippen LogP contribution in [0.15, 0.2) is 18.2 Å². The lowest BCUT2D eigenvalue weighted by Gasteiger charge is -2.19. The van der Waals surface area contributed by atoms with E-state index in [0.717, 1.165) is 36.7 Å². The first-order valence-electron chi connectivity index (χ1n) is 6.37. The molecule has 0 bridgehead atoms. The topological polar surface area (TPSA) is 21.3 Å². The number of hydrogen-bond donors (Lipinski definition) is 1. The second-order valence-electron chi connectivity index (χ2n) is 4.72. The SMILES string of the molecule is CC[C@@H](C)c1cc(Cl)ccc1O[C@H]1CCNC1. The molecular formula is C14H20ClNO. The van der Waals surface area contributed by atoms with Crippen LogP contribution in [0.2, 0.25) is 5.02 Å². The number of nitrogens with one attached hydrogen (secondary N) is 1. The molecule has 0 amide bonds. The lowest BCUT2D eigenvalue weighted by Crippen LogP contribution is -2.20. The molecule has 2 rings (SSSR count). The van der Waals surface area contributed by atoms with Crippen molar-refractivity contribution in [1.29, 1.82) is 0 Å². The van der Waals surface area contributed by atoms with Crippen LogP contribution in [-0.4, -0.2) is 19.2 Å². The predicted molar refractivity (Wildman–Crippen MR) is 72.1 cm³/mol. The monoisotopic (exact) mass is 253 g/mol. The largest absolute Gasteiger partial charge is 0.489 e. The minimum absolute atomic E-state index is 0.305. The van der Waals surface area contributed by atoms with Crippen LogP contribution >= 0.6 is 11.6 Å². The van der Waals surface area contributed by atoms with Gasteiger partial charge in [-0.05, 0) is 49.1 Å². The van der Waals surface area contributed by atoms with Gasteiger partial charge in [-0.3, -0.25) is 0 Å². The number of hydrogen-bond acceptors (Lipinski definition) is 2. The van der Waals surface area contributed by atoms with Gasteiger partial charge in [-0.25, -0.2) is 0 Å². The lowest BCUT2D eigenvalue weighted by molar-refractivity contribution is 0.220. The van der Waals surface area contributed by atoms with E-state index in [4.69, 9.17) is 16.3 Å². The summed E-state index contributed by atoms with van der Waals surface area (Å²) in [5.74, 6) is 1.48. The first-order chi connectivity index (χ1) is 8.20. The van der Waals surface area contributed by atoms with Crippen LogP contribution in [0.3, 0.4) is 0 Å². The van der Waals surface area contributed by atoms with Gasteiger partial charge in [-0.15, -0.1) is 0 Å². The zero-order valence-corrected chi connectivity index (χ0v) is 11.3. The van der Waals surface area contributed by atoms with Crippen molar-refractivity contribution in [2.45, 2.75) is 38.7 Å². The van der Waals surface area contributed by atoms with E-state index >= 15 is 0 Å². The maximum atomic E-state index is 6.07. The Morgan fingerprint density at radius 1 is 1.53 bits per heavy atom. The highest BCUT2D eigenvalue weighted by Crippen LogP contribution is 2.32. The van der Waals surface area contributed by atoms with Gasteiger partial charge in [0.2, 0.25) is 0 Å². The van der Waals surface area contributed by atoms with E-state index in [2.05, 4.69) is 19.2 Å². The Morgan fingerprint density at radius 2 is 2.35 bits per heavy atom. The van der Waals surface area contributed by atoms with Gasteiger partial charge in [0.05, 0.1) is 0 Å². The summed E-state index contributed by atoms with van der Waals surface area (Å²) < 4.78 is 6.06. The second kappa shape index (κ2) is 5.74. The Bertz CT molecular complexity index is 374. The van der Waals surface area contributed by atoms with Crippen molar-refractivity contribution in [3.05, 3.63) is 28.8 Å². The summed E-state index contributed by atoms with van der Waals surface area (Å²) >= 11 is 6.07. The molecule has 1 heterocycles. The smallest absolute Gasteiger partial charge is 0.123 e. The first-order valence-corrected chi connectivity index (χ1v) is 6.75. The van der Waals surface area contributed by atoms with Gasteiger partial charge in [0.15, 0.2) is 0 Å². The molecule has 0 unspecified atom stereocenters. The average molecular weight is 254 g/mol. The van der Waals surface area contributed by atoms with Gasteiger partial charge in [0.25, 0.3) is 0 Å². The molecule has 0 saturated carbocycles. The van der Waals surface area contributed by atoms with Crippen molar-refractivity contribution in [3.63, 3.8) is 0 Å². The molecule has 1 aromatic carbocycles. The zero-order valence-electron chi connectivity index (χ0n) is 10.5. The van der Waals surface area contributed by atoms with E-state index in [9.17, 15) is 0 Å². The van der Waals surface area contributed by atoms with Crippen molar-refractivity contribution >= 4 is 11.6 Å². The zero-order chi connectivity index (χ0) is 12.3. The molecule has 1 fully saturated rings. The van der Waals surface area contributed by atoms with Gasteiger partial charge in [0, 0.05) is 11.6 Å². The molecule has 1 aliphatic heterocycles. The summed E-state index contributed by atoms with van der Waals surface area (Å²) in [5.41, 5.74) is 1.23. The fourth-order valence-electron chi connectivity index (χ4n) is 2.14. The number of benzene rings is 1. The highest BCUT2D eigenvalue weighted by Gasteiger charge is 2.19. The molecule has 0 radical (unpaired) electrons. The third-order valence-electron chi connectivity index (χ3n) is 3.42. The molecule has 1 N–H and O–H groups in total. The molecule has 17 heavy (non-hydrogen) atoms. The van der Waals surface area contributed by atoms with Gasteiger partial charge < -0.3 is 10.1 Å². The van der Waals surface area contributed by atoms with Crippen LogP contribution in [0.25, 0.3) is 0 Å². The highest BCUT2D eigenvalue weighted by molar-refractivity contribution is 6.30. The molecule has 94 valence electrons. The van der Waals surface area contributed by atoms with Gasteiger partial charge in [0.1, 0.15) is 11.9 Å². The maximum absolute atomic E-state index is 6.07. The molecule has 1 aliphatic rings. The molecule has 0 spiro atoms. The normalized spacial score (nSPS) is 21.5. The van der Waals surface area contributed by atoms with Crippen LogP contribution in [0.4, 0.5) is 0 Å². The van der Waals surface area contributed by atoms with Crippen molar-refractivity contribution in [1.82, 2.24) is 5.32 Å². The number of rotatable bonds is 4. The van der Waals surface area contributed by atoms with Crippen molar-refractivity contribution in [3.8, 4) is 5.75 Å². The summed E-state index contributed by atoms with van der Waals surface area (Å²) in [6.45, 7) is 6.40. The Labute approximate surface area is 108 Å².